The zero-order valence-corrected chi connectivity index (χ0v) is 15.2. The molecule has 2 amide bonds. The van der Waals surface area contributed by atoms with Crippen molar-refractivity contribution < 1.29 is 19.4 Å². The molecule has 27 heavy (non-hydrogen) atoms. The number of phenols is 1. The highest BCUT2D eigenvalue weighted by Crippen LogP contribution is 2.37. The third kappa shape index (κ3) is 3.37. The van der Waals surface area contributed by atoms with Crippen molar-refractivity contribution in [2.45, 2.75) is 31.7 Å². The topological polar surface area (TPSA) is 87.7 Å². The van der Waals surface area contributed by atoms with Gasteiger partial charge in [0.05, 0.1) is 0 Å². The van der Waals surface area contributed by atoms with Crippen LogP contribution in [0.3, 0.4) is 0 Å². The monoisotopic (exact) mass is 368 g/mol. The van der Waals surface area contributed by atoms with Gasteiger partial charge in [0.1, 0.15) is 11.8 Å². The van der Waals surface area contributed by atoms with Crippen LogP contribution >= 0.6 is 0 Å². The first-order chi connectivity index (χ1) is 13.1. The molecule has 0 saturated carbocycles. The largest absolute Gasteiger partial charge is 0.507 e. The summed E-state index contributed by atoms with van der Waals surface area (Å²) in [5, 5.41) is 18.0. The Labute approximate surface area is 157 Å². The Hall–Kier alpha value is -2.60. The quantitative estimate of drug-likeness (QED) is 0.769. The van der Waals surface area contributed by atoms with Crippen LogP contribution in [-0.2, 0) is 20.7 Å². The zero-order valence-electron chi connectivity index (χ0n) is 15.2. The molecule has 6 nitrogen and oxygen atoms in total. The van der Waals surface area contributed by atoms with Crippen LogP contribution in [0.15, 0.2) is 36.4 Å². The molecule has 6 heteroatoms. The average molecular weight is 368 g/mol. The lowest BCUT2D eigenvalue weighted by molar-refractivity contribution is -0.129. The van der Waals surface area contributed by atoms with E-state index >= 15 is 0 Å². The second-order valence-corrected chi connectivity index (χ2v) is 7.49. The van der Waals surface area contributed by atoms with Crippen molar-refractivity contribution in [1.82, 2.24) is 10.6 Å². The van der Waals surface area contributed by atoms with Gasteiger partial charge in [0.2, 0.25) is 11.8 Å². The van der Waals surface area contributed by atoms with Crippen molar-refractivity contribution in [3.63, 3.8) is 0 Å². The van der Waals surface area contributed by atoms with Crippen molar-refractivity contribution in [1.29, 1.82) is 0 Å². The molecule has 2 aliphatic heterocycles. The number of carbonyl (C=O) groups excluding carboxylic acids is 2. The fourth-order valence-corrected chi connectivity index (χ4v) is 4.19. The maximum atomic E-state index is 12.5. The van der Waals surface area contributed by atoms with Crippen LogP contribution < -0.4 is 10.6 Å². The van der Waals surface area contributed by atoms with Crippen LogP contribution in [0.25, 0.3) is 10.8 Å². The van der Waals surface area contributed by atoms with Gasteiger partial charge < -0.3 is 20.5 Å². The lowest BCUT2D eigenvalue weighted by Crippen LogP contribution is -2.51. The predicted molar refractivity (Wildman–Crippen MR) is 101 cm³/mol. The molecule has 1 spiro atoms. The normalized spacial score (nSPS) is 21.3. The first kappa shape index (κ1) is 17.8. The van der Waals surface area contributed by atoms with Gasteiger partial charge >= 0.3 is 0 Å². The van der Waals surface area contributed by atoms with E-state index in [4.69, 9.17) is 4.74 Å². The van der Waals surface area contributed by atoms with Gasteiger partial charge in [-0.15, -0.1) is 0 Å². The summed E-state index contributed by atoms with van der Waals surface area (Å²) in [5.41, 5.74) is 0.497. The minimum absolute atomic E-state index is 0.112. The maximum absolute atomic E-state index is 12.5. The van der Waals surface area contributed by atoms with Gasteiger partial charge in [-0.25, -0.2) is 0 Å². The van der Waals surface area contributed by atoms with Gasteiger partial charge in [0, 0.05) is 37.0 Å². The van der Waals surface area contributed by atoms with Crippen LogP contribution in [0.1, 0.15) is 24.8 Å². The van der Waals surface area contributed by atoms with E-state index in [-0.39, 0.29) is 29.4 Å². The van der Waals surface area contributed by atoms with Gasteiger partial charge in [0.15, 0.2) is 0 Å². The van der Waals surface area contributed by atoms with Crippen molar-refractivity contribution >= 4 is 22.6 Å². The molecule has 142 valence electrons. The molecule has 0 bridgehead atoms. The number of hydrogen-bond acceptors (Lipinski definition) is 4. The van der Waals surface area contributed by atoms with Gasteiger partial charge in [-0.2, -0.15) is 0 Å². The number of ether oxygens (including phenoxy) is 1. The molecule has 2 fully saturated rings. The molecule has 0 aromatic heterocycles. The molecule has 4 rings (SSSR count). The number of carbonyl (C=O) groups is 2. The van der Waals surface area contributed by atoms with Crippen molar-refractivity contribution in [3.05, 3.63) is 42.0 Å². The van der Waals surface area contributed by atoms with E-state index in [2.05, 4.69) is 10.6 Å². The minimum atomic E-state index is -0.501. The summed E-state index contributed by atoms with van der Waals surface area (Å²) in [6, 6.07) is 10.9. The molecule has 2 heterocycles. The van der Waals surface area contributed by atoms with Crippen molar-refractivity contribution in [2.24, 2.45) is 5.41 Å². The number of amides is 2. The highest BCUT2D eigenvalue weighted by atomic mass is 16.5. The zero-order chi connectivity index (χ0) is 18.9. The van der Waals surface area contributed by atoms with E-state index in [1.165, 1.54) is 0 Å². The highest BCUT2D eigenvalue weighted by Gasteiger charge is 2.49. The Bertz CT molecular complexity index is 874. The average Bonchev–Trinajstić information content (AvgIpc) is 2.98. The fourth-order valence-electron chi connectivity index (χ4n) is 4.19. The molecular formula is C21H24N2O4. The fraction of sp³-hybridized carbons (Fsp3) is 0.429. The first-order valence-corrected chi connectivity index (χ1v) is 9.43. The number of hydrogen-bond donors (Lipinski definition) is 3. The second kappa shape index (κ2) is 7.19. The Morgan fingerprint density at radius 1 is 1.22 bits per heavy atom. The SMILES string of the molecule is O=C(CCc1ccc2ccccc2c1O)NC1C(=O)NCC12CCOCC2. The molecule has 2 aromatic carbocycles. The highest BCUT2D eigenvalue weighted by molar-refractivity contribution is 5.91. The molecule has 2 aliphatic rings. The third-order valence-electron chi connectivity index (χ3n) is 5.89. The van der Waals surface area contributed by atoms with E-state index in [1.807, 2.05) is 36.4 Å². The molecule has 3 N–H and O–H groups in total. The summed E-state index contributed by atoms with van der Waals surface area (Å²) in [7, 11) is 0. The summed E-state index contributed by atoms with van der Waals surface area (Å²) >= 11 is 0. The Morgan fingerprint density at radius 2 is 2.00 bits per heavy atom. The van der Waals surface area contributed by atoms with E-state index in [0.717, 1.165) is 29.2 Å². The molecule has 0 radical (unpaired) electrons. The van der Waals surface area contributed by atoms with Crippen LogP contribution in [0.4, 0.5) is 0 Å². The van der Waals surface area contributed by atoms with Gasteiger partial charge in [0.25, 0.3) is 0 Å². The Morgan fingerprint density at radius 3 is 2.81 bits per heavy atom. The van der Waals surface area contributed by atoms with Gasteiger partial charge in [-0.05, 0) is 30.2 Å². The summed E-state index contributed by atoms with van der Waals surface area (Å²) in [6.45, 7) is 1.82. The lowest BCUT2D eigenvalue weighted by Gasteiger charge is -2.36. The number of benzene rings is 2. The number of phenolic OH excluding ortho intramolecular Hbond substituents is 1. The second-order valence-electron chi connectivity index (χ2n) is 7.49. The maximum Gasteiger partial charge on any atom is 0.243 e. The van der Waals surface area contributed by atoms with Crippen molar-refractivity contribution in [3.8, 4) is 5.75 Å². The molecule has 1 unspecified atom stereocenters. The number of aromatic hydroxyl groups is 1. The summed E-state index contributed by atoms with van der Waals surface area (Å²) in [5.74, 6) is -0.0605. The third-order valence-corrected chi connectivity index (χ3v) is 5.89. The minimum Gasteiger partial charge on any atom is -0.507 e. The Balaban J connectivity index is 1.42. The number of aryl methyl sites for hydroxylation is 1. The van der Waals surface area contributed by atoms with Gasteiger partial charge in [-0.1, -0.05) is 36.4 Å². The van der Waals surface area contributed by atoms with E-state index in [9.17, 15) is 14.7 Å². The molecular weight excluding hydrogens is 344 g/mol. The molecule has 2 aromatic rings. The number of nitrogens with one attached hydrogen (secondary N) is 2. The van der Waals surface area contributed by atoms with Crippen LogP contribution in [0.5, 0.6) is 5.75 Å². The van der Waals surface area contributed by atoms with Crippen LogP contribution in [-0.4, -0.2) is 42.7 Å². The smallest absolute Gasteiger partial charge is 0.243 e. The molecule has 2 saturated heterocycles. The Kier molecular flexibility index (Phi) is 4.74. The standard InChI is InChI=1S/C21H24N2O4/c24-17(23-19-20(26)22-13-21(19)9-11-27-12-10-21)8-7-15-6-5-14-3-1-2-4-16(14)18(15)25/h1-6,19,25H,7-13H2,(H,22,26)(H,23,24). The first-order valence-electron chi connectivity index (χ1n) is 9.43. The van der Waals surface area contributed by atoms with Crippen molar-refractivity contribution in [2.75, 3.05) is 19.8 Å². The van der Waals surface area contributed by atoms with E-state index in [1.54, 1.807) is 0 Å². The molecule has 0 aliphatic carbocycles. The molecule has 1 atom stereocenters. The summed E-state index contributed by atoms with van der Waals surface area (Å²) in [6.07, 6.45) is 2.18. The summed E-state index contributed by atoms with van der Waals surface area (Å²) < 4.78 is 5.42. The van der Waals surface area contributed by atoms with E-state index < -0.39 is 6.04 Å². The summed E-state index contributed by atoms with van der Waals surface area (Å²) in [4.78, 5) is 24.8. The van der Waals surface area contributed by atoms with Crippen LogP contribution in [0.2, 0.25) is 0 Å². The van der Waals surface area contributed by atoms with Crippen LogP contribution in [0, 0.1) is 5.41 Å². The number of rotatable bonds is 4. The predicted octanol–water partition coefficient (Wildman–Crippen LogP) is 1.89. The van der Waals surface area contributed by atoms with Gasteiger partial charge in [-0.3, -0.25) is 9.59 Å². The lowest BCUT2D eigenvalue weighted by atomic mass is 9.76. The van der Waals surface area contributed by atoms with E-state index in [0.29, 0.717) is 26.2 Å². The number of fused-ring (bicyclic) bond motifs is 1.